The summed E-state index contributed by atoms with van der Waals surface area (Å²) >= 11 is 6.52. The van der Waals surface area contributed by atoms with E-state index in [0.29, 0.717) is 41.6 Å². The molecule has 4 aromatic rings. The minimum atomic E-state index is -1.08. The summed E-state index contributed by atoms with van der Waals surface area (Å²) in [5.41, 5.74) is 1.98. The first kappa shape index (κ1) is 21.6. The third-order valence-electron chi connectivity index (χ3n) is 5.09. The van der Waals surface area contributed by atoms with E-state index in [2.05, 4.69) is 15.0 Å². The number of aryl methyl sites for hydroxylation is 1. The van der Waals surface area contributed by atoms with Crippen molar-refractivity contribution in [3.63, 3.8) is 0 Å². The Hall–Kier alpha value is -3.65. The van der Waals surface area contributed by atoms with Gasteiger partial charge in [0.2, 0.25) is 0 Å². The molecule has 0 saturated carbocycles. The maximum atomic E-state index is 11.3. The molecule has 4 rings (SSSR count). The molecule has 164 valence electrons. The highest BCUT2D eigenvalue weighted by atomic mass is 35.5. The van der Waals surface area contributed by atoms with Crippen molar-refractivity contribution < 1.29 is 14.6 Å². The van der Waals surface area contributed by atoms with E-state index in [4.69, 9.17) is 16.3 Å². The van der Waals surface area contributed by atoms with Gasteiger partial charge in [-0.1, -0.05) is 23.7 Å². The molecule has 1 aromatic carbocycles. The molecule has 0 fully saturated rings. The molecule has 0 aliphatic rings. The number of imidazole rings is 1. The van der Waals surface area contributed by atoms with Gasteiger partial charge in [-0.25, -0.2) is 19.7 Å². The summed E-state index contributed by atoms with van der Waals surface area (Å²) in [6, 6.07) is 14.4. The fraction of sp³-hybridized carbons (Fsp3) is 0.217. The maximum Gasteiger partial charge on any atom is 0.354 e. The number of aromatic nitrogens is 4. The van der Waals surface area contributed by atoms with Crippen LogP contribution in [0.25, 0.3) is 11.2 Å². The number of carboxylic acids is 1. The molecule has 0 aliphatic heterocycles. The van der Waals surface area contributed by atoms with Crippen LogP contribution in [-0.2, 0) is 6.54 Å². The molecule has 0 saturated heterocycles. The van der Waals surface area contributed by atoms with E-state index in [-0.39, 0.29) is 5.69 Å². The lowest BCUT2D eigenvalue weighted by molar-refractivity contribution is 0.0691. The Morgan fingerprint density at radius 3 is 2.75 bits per heavy atom. The van der Waals surface area contributed by atoms with Gasteiger partial charge >= 0.3 is 5.97 Å². The molecule has 0 bridgehead atoms. The molecule has 1 N–H and O–H groups in total. The van der Waals surface area contributed by atoms with Crippen LogP contribution in [0.4, 0.5) is 5.82 Å². The second-order valence-corrected chi connectivity index (χ2v) is 7.71. The Kier molecular flexibility index (Phi) is 6.23. The number of carbonyl (C=O) groups is 1. The SMILES string of the molecule is Cc1nc2ccc(C(=O)O)nc2n1Cc1ccc(OCCN(C)c2ccccn2)cc1Cl. The first-order chi connectivity index (χ1) is 15.4. The smallest absolute Gasteiger partial charge is 0.354 e. The summed E-state index contributed by atoms with van der Waals surface area (Å²) in [7, 11) is 1.96. The van der Waals surface area contributed by atoms with Gasteiger partial charge in [-0.2, -0.15) is 0 Å². The lowest BCUT2D eigenvalue weighted by Crippen LogP contribution is -2.24. The zero-order valence-corrected chi connectivity index (χ0v) is 18.5. The monoisotopic (exact) mass is 451 g/mol. The van der Waals surface area contributed by atoms with Crippen LogP contribution in [0.15, 0.2) is 54.7 Å². The number of nitrogens with zero attached hydrogens (tertiary/aromatic N) is 5. The minimum absolute atomic E-state index is 0.0239. The molecule has 9 heteroatoms. The number of hydrogen-bond acceptors (Lipinski definition) is 6. The van der Waals surface area contributed by atoms with Gasteiger partial charge in [-0.15, -0.1) is 0 Å². The molecule has 0 spiro atoms. The van der Waals surface area contributed by atoms with Crippen LogP contribution in [0.3, 0.4) is 0 Å². The molecule has 8 nitrogen and oxygen atoms in total. The van der Waals surface area contributed by atoms with E-state index < -0.39 is 5.97 Å². The zero-order valence-electron chi connectivity index (χ0n) is 17.7. The van der Waals surface area contributed by atoms with Crippen molar-refractivity contribution in [2.45, 2.75) is 13.5 Å². The number of hydrogen-bond donors (Lipinski definition) is 1. The average molecular weight is 452 g/mol. The van der Waals surface area contributed by atoms with Crippen LogP contribution in [-0.4, -0.2) is 50.8 Å². The van der Waals surface area contributed by atoms with Crippen molar-refractivity contribution in [3.8, 4) is 5.75 Å². The lowest BCUT2D eigenvalue weighted by Gasteiger charge is -2.18. The molecule has 0 radical (unpaired) electrons. The number of fused-ring (bicyclic) bond motifs is 1. The van der Waals surface area contributed by atoms with Crippen LogP contribution >= 0.6 is 11.6 Å². The summed E-state index contributed by atoms with van der Waals surface area (Å²) in [6.07, 6.45) is 1.76. The number of halogens is 1. The summed E-state index contributed by atoms with van der Waals surface area (Å²) in [4.78, 5) is 26.3. The summed E-state index contributed by atoms with van der Waals surface area (Å²) < 4.78 is 7.71. The highest BCUT2D eigenvalue weighted by Gasteiger charge is 2.14. The van der Waals surface area contributed by atoms with Crippen molar-refractivity contribution in [2.75, 3.05) is 25.1 Å². The third-order valence-corrected chi connectivity index (χ3v) is 5.44. The van der Waals surface area contributed by atoms with Crippen molar-refractivity contribution in [1.82, 2.24) is 19.5 Å². The number of anilines is 1. The van der Waals surface area contributed by atoms with Gasteiger partial charge < -0.3 is 19.3 Å². The summed E-state index contributed by atoms with van der Waals surface area (Å²) in [6.45, 7) is 3.43. The number of likely N-dealkylation sites (N-methyl/N-ethyl adjacent to an activating group) is 1. The second-order valence-electron chi connectivity index (χ2n) is 7.30. The topological polar surface area (TPSA) is 93.4 Å². The Morgan fingerprint density at radius 1 is 1.19 bits per heavy atom. The molecule has 0 amide bonds. The Morgan fingerprint density at radius 2 is 2.03 bits per heavy atom. The third kappa shape index (κ3) is 4.65. The fourth-order valence-electron chi connectivity index (χ4n) is 3.33. The maximum absolute atomic E-state index is 11.3. The van der Waals surface area contributed by atoms with Gasteiger partial charge in [-0.3, -0.25) is 0 Å². The summed E-state index contributed by atoms with van der Waals surface area (Å²) in [5.74, 6) is 1.20. The van der Waals surface area contributed by atoms with E-state index >= 15 is 0 Å². The number of ether oxygens (including phenoxy) is 1. The van der Waals surface area contributed by atoms with Crippen LogP contribution in [0.5, 0.6) is 5.75 Å². The molecular weight excluding hydrogens is 430 g/mol. The Bertz CT molecular complexity index is 1260. The van der Waals surface area contributed by atoms with E-state index in [1.54, 1.807) is 18.3 Å². The molecule has 0 unspecified atom stereocenters. The van der Waals surface area contributed by atoms with Gasteiger partial charge in [0.15, 0.2) is 11.3 Å². The van der Waals surface area contributed by atoms with Gasteiger partial charge in [-0.05, 0) is 48.9 Å². The predicted octanol–water partition coefficient (Wildman–Crippen LogP) is 4.05. The Balaban J connectivity index is 1.45. The van der Waals surface area contributed by atoms with Crippen molar-refractivity contribution in [1.29, 1.82) is 0 Å². The van der Waals surface area contributed by atoms with Crippen molar-refractivity contribution in [3.05, 3.63) is 76.8 Å². The molecule has 3 heterocycles. The van der Waals surface area contributed by atoms with Crippen LogP contribution in [0.1, 0.15) is 21.9 Å². The van der Waals surface area contributed by atoms with Crippen molar-refractivity contribution >= 4 is 34.6 Å². The first-order valence-electron chi connectivity index (χ1n) is 10.0. The molecule has 0 atom stereocenters. The normalized spacial score (nSPS) is 11.0. The standard InChI is InChI=1S/C23H22ClN5O3/c1-15-26-19-8-9-20(23(30)31)27-22(19)29(15)14-16-6-7-17(13-18(16)24)32-12-11-28(2)21-5-3-4-10-25-21/h3-10,13H,11-12,14H2,1-2H3,(H,30,31). The molecule has 32 heavy (non-hydrogen) atoms. The number of pyridine rings is 2. The first-order valence-corrected chi connectivity index (χ1v) is 10.4. The number of rotatable bonds is 8. The Labute approximate surface area is 190 Å². The largest absolute Gasteiger partial charge is 0.492 e. The number of benzene rings is 1. The molecular formula is C23H22ClN5O3. The summed E-state index contributed by atoms with van der Waals surface area (Å²) in [5, 5.41) is 9.79. The minimum Gasteiger partial charge on any atom is -0.492 e. The lowest BCUT2D eigenvalue weighted by atomic mass is 10.2. The van der Waals surface area contributed by atoms with Gasteiger partial charge in [0.1, 0.15) is 29.5 Å². The molecule has 0 aliphatic carbocycles. The highest BCUT2D eigenvalue weighted by Crippen LogP contribution is 2.25. The zero-order chi connectivity index (χ0) is 22.7. The average Bonchev–Trinajstić information content (AvgIpc) is 3.10. The van der Waals surface area contributed by atoms with Gasteiger partial charge in [0.05, 0.1) is 13.1 Å². The van der Waals surface area contributed by atoms with E-state index in [1.807, 2.05) is 53.8 Å². The number of carboxylic acid groups (broad SMARTS) is 1. The van der Waals surface area contributed by atoms with Crippen LogP contribution in [0.2, 0.25) is 5.02 Å². The second kappa shape index (κ2) is 9.23. The van der Waals surface area contributed by atoms with Crippen LogP contribution < -0.4 is 9.64 Å². The van der Waals surface area contributed by atoms with E-state index in [0.717, 1.165) is 17.2 Å². The van der Waals surface area contributed by atoms with E-state index in [9.17, 15) is 9.90 Å². The number of aromatic carboxylic acids is 1. The van der Waals surface area contributed by atoms with Crippen LogP contribution in [0, 0.1) is 6.92 Å². The van der Waals surface area contributed by atoms with E-state index in [1.165, 1.54) is 6.07 Å². The fourth-order valence-corrected chi connectivity index (χ4v) is 3.56. The highest BCUT2D eigenvalue weighted by molar-refractivity contribution is 6.31. The van der Waals surface area contributed by atoms with Gasteiger partial charge in [0.25, 0.3) is 0 Å². The van der Waals surface area contributed by atoms with Gasteiger partial charge in [0, 0.05) is 18.3 Å². The van der Waals surface area contributed by atoms with Crippen molar-refractivity contribution in [2.24, 2.45) is 0 Å². The quantitative estimate of drug-likeness (QED) is 0.432. The molecule has 3 aromatic heterocycles. The predicted molar refractivity (Wildman–Crippen MR) is 123 cm³/mol.